The molecule has 0 unspecified atom stereocenters. The molecule has 1 N–H and O–H groups in total. The Morgan fingerprint density at radius 3 is 2.81 bits per heavy atom. The monoisotopic (exact) mass is 472 g/mol. The smallest absolute Gasteiger partial charge is 0.249 e. The fourth-order valence-corrected chi connectivity index (χ4v) is 7.31. The van der Waals surface area contributed by atoms with Gasteiger partial charge in [-0.05, 0) is 63.1 Å². The summed E-state index contributed by atoms with van der Waals surface area (Å²) in [6.07, 6.45) is 4.47. The van der Waals surface area contributed by atoms with Crippen LogP contribution >= 0.6 is 11.3 Å². The molecule has 1 aromatic carbocycles. The average Bonchev–Trinajstić information content (AvgIpc) is 3.54. The number of amides is 1. The number of aryl methyl sites for hydroxylation is 4. The number of nitrogens with one attached hydrogen (secondary N) is 1. The molecule has 32 heavy (non-hydrogen) atoms. The minimum absolute atomic E-state index is 0.0466. The van der Waals surface area contributed by atoms with Crippen LogP contribution in [0.3, 0.4) is 0 Å². The van der Waals surface area contributed by atoms with Crippen molar-refractivity contribution < 1.29 is 17.7 Å². The van der Waals surface area contributed by atoms with Crippen LogP contribution in [-0.2, 0) is 27.7 Å². The first-order valence-corrected chi connectivity index (χ1v) is 13.0. The van der Waals surface area contributed by atoms with Gasteiger partial charge >= 0.3 is 0 Å². The molecule has 0 spiro atoms. The fourth-order valence-electron chi connectivity index (χ4n) is 4.63. The topological polar surface area (TPSA) is 105 Å². The number of fused-ring (bicyclic) bond motifs is 1. The van der Waals surface area contributed by atoms with Gasteiger partial charge in [-0.15, -0.1) is 11.3 Å². The number of rotatable bonds is 5. The summed E-state index contributed by atoms with van der Waals surface area (Å²) in [6, 6.07) is 5.61. The third kappa shape index (κ3) is 3.66. The maximum Gasteiger partial charge on any atom is 0.249 e. The SMILES string of the molecule is Cc1noc(C)c1S(=O)(=O)N1CCC[C@H]1C(=O)Nc1nc(-c2ccc3c(c2)CCC3)cs1. The summed E-state index contributed by atoms with van der Waals surface area (Å²) in [5, 5.41) is 8.96. The summed E-state index contributed by atoms with van der Waals surface area (Å²) in [6.45, 7) is 3.43. The Hall–Kier alpha value is -2.56. The zero-order chi connectivity index (χ0) is 22.5. The third-order valence-corrected chi connectivity index (χ3v) is 9.08. The predicted molar refractivity (Wildman–Crippen MR) is 121 cm³/mol. The largest absolute Gasteiger partial charge is 0.360 e. The van der Waals surface area contributed by atoms with E-state index in [9.17, 15) is 13.2 Å². The molecule has 1 aliphatic heterocycles. The van der Waals surface area contributed by atoms with Crippen LogP contribution in [0.15, 0.2) is 33.0 Å². The zero-order valence-electron chi connectivity index (χ0n) is 17.9. The normalized spacial score (nSPS) is 18.8. The molecule has 1 saturated heterocycles. The van der Waals surface area contributed by atoms with Crippen molar-refractivity contribution in [2.75, 3.05) is 11.9 Å². The molecule has 0 radical (unpaired) electrons. The summed E-state index contributed by atoms with van der Waals surface area (Å²) in [7, 11) is -3.89. The van der Waals surface area contributed by atoms with Gasteiger partial charge in [0.25, 0.3) is 0 Å². The van der Waals surface area contributed by atoms with E-state index in [1.165, 1.54) is 33.2 Å². The minimum atomic E-state index is -3.89. The van der Waals surface area contributed by atoms with Gasteiger partial charge in [0, 0.05) is 17.5 Å². The minimum Gasteiger partial charge on any atom is -0.360 e. The number of nitrogens with zero attached hydrogens (tertiary/aromatic N) is 3. The van der Waals surface area contributed by atoms with Gasteiger partial charge in [0.2, 0.25) is 15.9 Å². The molecule has 2 aliphatic rings. The van der Waals surface area contributed by atoms with Crippen molar-refractivity contribution in [3.63, 3.8) is 0 Å². The second kappa shape index (κ2) is 8.09. The number of thiazole rings is 1. The second-order valence-electron chi connectivity index (χ2n) is 8.29. The fraction of sp³-hybridized carbons (Fsp3) is 0.409. The van der Waals surface area contributed by atoms with Gasteiger partial charge < -0.3 is 9.84 Å². The van der Waals surface area contributed by atoms with E-state index in [4.69, 9.17) is 4.52 Å². The van der Waals surface area contributed by atoms with E-state index in [1.54, 1.807) is 13.8 Å². The molecular formula is C22H24N4O4S2. The molecule has 0 bridgehead atoms. The zero-order valence-corrected chi connectivity index (χ0v) is 19.6. The molecule has 10 heteroatoms. The number of hydrogen-bond donors (Lipinski definition) is 1. The molecule has 1 amide bonds. The van der Waals surface area contributed by atoms with E-state index in [0.29, 0.717) is 23.7 Å². The average molecular weight is 473 g/mol. The lowest BCUT2D eigenvalue weighted by atomic mass is 10.1. The van der Waals surface area contributed by atoms with Crippen LogP contribution in [0.25, 0.3) is 11.3 Å². The number of aromatic nitrogens is 2. The van der Waals surface area contributed by atoms with Gasteiger partial charge in [0.1, 0.15) is 16.6 Å². The first-order valence-electron chi connectivity index (χ1n) is 10.7. The molecular weight excluding hydrogens is 448 g/mol. The number of benzene rings is 1. The van der Waals surface area contributed by atoms with Crippen molar-refractivity contribution in [3.05, 3.63) is 46.2 Å². The first-order chi connectivity index (χ1) is 15.3. The molecule has 8 nitrogen and oxygen atoms in total. The Morgan fingerprint density at radius 1 is 1.22 bits per heavy atom. The number of carbonyl (C=O) groups excluding carboxylic acids is 1. The van der Waals surface area contributed by atoms with E-state index in [0.717, 1.165) is 24.1 Å². The number of anilines is 1. The Labute approximate surface area is 190 Å². The maximum atomic E-state index is 13.2. The highest BCUT2D eigenvalue weighted by Gasteiger charge is 2.42. The van der Waals surface area contributed by atoms with E-state index in [1.807, 2.05) is 5.38 Å². The number of sulfonamides is 1. The molecule has 1 fully saturated rings. The highest BCUT2D eigenvalue weighted by molar-refractivity contribution is 7.89. The lowest BCUT2D eigenvalue weighted by Gasteiger charge is -2.22. The quantitative estimate of drug-likeness (QED) is 0.607. The van der Waals surface area contributed by atoms with Gasteiger partial charge in [0.05, 0.1) is 5.69 Å². The van der Waals surface area contributed by atoms with Crippen molar-refractivity contribution in [2.45, 2.75) is 56.9 Å². The summed E-state index contributed by atoms with van der Waals surface area (Å²) in [4.78, 5) is 17.6. The van der Waals surface area contributed by atoms with Gasteiger partial charge in [-0.25, -0.2) is 13.4 Å². The Kier molecular flexibility index (Phi) is 5.39. The van der Waals surface area contributed by atoms with Crippen LogP contribution < -0.4 is 5.32 Å². The van der Waals surface area contributed by atoms with Crippen molar-refractivity contribution >= 4 is 32.4 Å². The van der Waals surface area contributed by atoms with Crippen LogP contribution in [0.2, 0.25) is 0 Å². The van der Waals surface area contributed by atoms with Crippen LogP contribution in [0.1, 0.15) is 41.8 Å². The van der Waals surface area contributed by atoms with Crippen molar-refractivity contribution in [2.24, 2.45) is 0 Å². The molecule has 168 valence electrons. The van der Waals surface area contributed by atoms with Crippen molar-refractivity contribution in [3.8, 4) is 11.3 Å². The highest BCUT2D eigenvalue weighted by atomic mass is 32.2. The lowest BCUT2D eigenvalue weighted by molar-refractivity contribution is -0.119. The lowest BCUT2D eigenvalue weighted by Crippen LogP contribution is -2.43. The van der Waals surface area contributed by atoms with E-state index >= 15 is 0 Å². The van der Waals surface area contributed by atoms with E-state index in [-0.39, 0.29) is 23.1 Å². The summed E-state index contributed by atoms with van der Waals surface area (Å²) in [5.74, 6) is -0.139. The Morgan fingerprint density at radius 2 is 2.03 bits per heavy atom. The predicted octanol–water partition coefficient (Wildman–Crippen LogP) is 3.70. The van der Waals surface area contributed by atoms with Gasteiger partial charge in [-0.1, -0.05) is 17.3 Å². The Balaban J connectivity index is 1.34. The molecule has 2 aromatic heterocycles. The van der Waals surface area contributed by atoms with E-state index < -0.39 is 16.1 Å². The van der Waals surface area contributed by atoms with Gasteiger partial charge in [0.15, 0.2) is 10.9 Å². The standard InChI is InChI=1S/C22H24N4O4S2/c1-13-20(14(2)30-25-13)32(28,29)26-10-4-7-19(26)21(27)24-22-23-18(12-31-22)17-9-8-15-5-3-6-16(15)11-17/h8-9,11-12,19H,3-7,10H2,1-2H3,(H,23,24,27)/t19-/m0/s1. The van der Waals surface area contributed by atoms with Crippen LogP contribution in [0.5, 0.6) is 0 Å². The molecule has 1 aliphatic carbocycles. The van der Waals surface area contributed by atoms with Gasteiger partial charge in [-0.2, -0.15) is 4.31 Å². The summed E-state index contributed by atoms with van der Waals surface area (Å²) in [5.41, 5.74) is 4.91. The van der Waals surface area contributed by atoms with Crippen LogP contribution in [0.4, 0.5) is 5.13 Å². The number of hydrogen-bond acceptors (Lipinski definition) is 7. The first kappa shape index (κ1) is 21.3. The van der Waals surface area contributed by atoms with E-state index in [2.05, 4.69) is 33.7 Å². The van der Waals surface area contributed by atoms with Crippen molar-refractivity contribution in [1.82, 2.24) is 14.4 Å². The Bertz CT molecular complexity index is 1280. The van der Waals surface area contributed by atoms with Crippen LogP contribution in [0, 0.1) is 13.8 Å². The second-order valence-corrected chi connectivity index (χ2v) is 11.0. The maximum absolute atomic E-state index is 13.2. The van der Waals surface area contributed by atoms with Gasteiger partial charge in [-0.3, -0.25) is 4.79 Å². The summed E-state index contributed by atoms with van der Waals surface area (Å²) < 4.78 is 32.7. The molecule has 3 heterocycles. The highest BCUT2D eigenvalue weighted by Crippen LogP contribution is 2.32. The summed E-state index contributed by atoms with van der Waals surface area (Å²) >= 11 is 1.34. The third-order valence-electron chi connectivity index (χ3n) is 6.17. The molecule has 1 atom stereocenters. The van der Waals surface area contributed by atoms with Crippen LogP contribution in [-0.4, -0.2) is 41.4 Å². The molecule has 0 saturated carbocycles. The van der Waals surface area contributed by atoms with Crippen molar-refractivity contribution in [1.29, 1.82) is 0 Å². The number of carbonyl (C=O) groups is 1. The molecule has 3 aromatic rings. The molecule has 5 rings (SSSR count).